The molecule has 0 radical (unpaired) electrons. The summed E-state index contributed by atoms with van der Waals surface area (Å²) in [4.78, 5) is 18.4. The van der Waals surface area contributed by atoms with Crippen LogP contribution >= 0.6 is 0 Å². The Bertz CT molecular complexity index is 657. The van der Waals surface area contributed by atoms with Gasteiger partial charge in [0.2, 0.25) is 0 Å². The molecule has 1 saturated heterocycles. The van der Waals surface area contributed by atoms with Gasteiger partial charge in [-0.2, -0.15) is 4.98 Å². The lowest BCUT2D eigenvalue weighted by Gasteiger charge is -2.34. The van der Waals surface area contributed by atoms with Crippen LogP contribution in [-0.4, -0.2) is 40.7 Å². The summed E-state index contributed by atoms with van der Waals surface area (Å²) in [6, 6.07) is 8.27. The predicted octanol–water partition coefficient (Wildman–Crippen LogP) is 3.64. The fourth-order valence-corrected chi connectivity index (χ4v) is 2.70. The van der Waals surface area contributed by atoms with Gasteiger partial charge in [-0.1, -0.05) is 12.1 Å². The summed E-state index contributed by atoms with van der Waals surface area (Å²) in [6.07, 6.45) is 1.64. The highest BCUT2D eigenvalue weighted by Gasteiger charge is 2.28. The van der Waals surface area contributed by atoms with Crippen molar-refractivity contribution in [3.8, 4) is 0 Å². The molecular weight excluding hydrogens is 294 g/mol. The maximum atomic E-state index is 12.2. The van der Waals surface area contributed by atoms with Gasteiger partial charge < -0.3 is 19.4 Å². The lowest BCUT2D eigenvalue weighted by atomic mass is 10.1. The van der Waals surface area contributed by atoms with Crippen molar-refractivity contribution in [2.24, 2.45) is 0 Å². The highest BCUT2D eigenvalue weighted by Crippen LogP contribution is 2.22. The van der Waals surface area contributed by atoms with E-state index in [2.05, 4.69) is 10.3 Å². The van der Waals surface area contributed by atoms with Crippen molar-refractivity contribution in [1.29, 1.82) is 0 Å². The molecule has 1 aromatic carbocycles. The van der Waals surface area contributed by atoms with Crippen LogP contribution in [0.3, 0.4) is 0 Å². The first kappa shape index (κ1) is 15.6. The number of carbonyl (C=O) groups is 1. The van der Waals surface area contributed by atoms with E-state index in [0.717, 1.165) is 30.5 Å². The third-order valence-electron chi connectivity index (χ3n) is 3.69. The molecule has 3 rings (SSSR count). The van der Waals surface area contributed by atoms with E-state index in [9.17, 15) is 4.79 Å². The van der Waals surface area contributed by atoms with Gasteiger partial charge in [-0.3, -0.25) is 0 Å². The van der Waals surface area contributed by atoms with E-state index in [4.69, 9.17) is 9.15 Å². The number of carbonyl (C=O) groups excluding carboxylic acids is 1. The number of ether oxygens (including phenoxy) is 1. The zero-order valence-corrected chi connectivity index (χ0v) is 13.8. The van der Waals surface area contributed by atoms with E-state index < -0.39 is 5.60 Å². The van der Waals surface area contributed by atoms with Gasteiger partial charge in [0.15, 0.2) is 5.58 Å². The average molecular weight is 317 g/mol. The van der Waals surface area contributed by atoms with Crippen molar-refractivity contribution < 1.29 is 13.9 Å². The number of fused-ring (bicyclic) bond motifs is 1. The molecule has 2 aromatic rings. The Labute approximate surface area is 135 Å². The van der Waals surface area contributed by atoms with Crippen LogP contribution in [0.15, 0.2) is 28.7 Å². The van der Waals surface area contributed by atoms with Crippen molar-refractivity contribution in [3.63, 3.8) is 0 Å². The van der Waals surface area contributed by atoms with Crippen LogP contribution in [0.2, 0.25) is 0 Å². The summed E-state index contributed by atoms with van der Waals surface area (Å²) in [5.41, 5.74) is 1.11. The SMILES string of the molecule is CC(C)(C)OC(=O)N1CCC[C@H](Nc2nc3ccccc3o2)C1. The van der Waals surface area contributed by atoms with Crippen molar-refractivity contribution in [3.05, 3.63) is 24.3 Å². The summed E-state index contributed by atoms with van der Waals surface area (Å²) in [6.45, 7) is 6.95. The first-order chi connectivity index (χ1) is 10.9. The maximum Gasteiger partial charge on any atom is 0.410 e. The van der Waals surface area contributed by atoms with Crippen molar-refractivity contribution in [1.82, 2.24) is 9.88 Å². The van der Waals surface area contributed by atoms with Crippen LogP contribution < -0.4 is 5.32 Å². The van der Waals surface area contributed by atoms with Gasteiger partial charge in [0.05, 0.1) is 0 Å². The summed E-state index contributed by atoms with van der Waals surface area (Å²) in [7, 11) is 0. The summed E-state index contributed by atoms with van der Waals surface area (Å²) >= 11 is 0. The molecular formula is C17H23N3O3. The zero-order valence-electron chi connectivity index (χ0n) is 13.8. The molecule has 2 heterocycles. The normalized spacial score (nSPS) is 18.9. The fourth-order valence-electron chi connectivity index (χ4n) is 2.70. The molecule has 1 fully saturated rings. The minimum atomic E-state index is -0.474. The van der Waals surface area contributed by atoms with Crippen LogP contribution in [0.1, 0.15) is 33.6 Å². The predicted molar refractivity (Wildman–Crippen MR) is 88.5 cm³/mol. The fraction of sp³-hybridized carbons (Fsp3) is 0.529. The zero-order chi connectivity index (χ0) is 16.4. The molecule has 0 bridgehead atoms. The van der Waals surface area contributed by atoms with Crippen LogP contribution in [0.5, 0.6) is 0 Å². The third kappa shape index (κ3) is 3.94. The first-order valence-corrected chi connectivity index (χ1v) is 8.01. The summed E-state index contributed by atoms with van der Waals surface area (Å²) in [5.74, 6) is 0. The smallest absolute Gasteiger partial charge is 0.410 e. The molecule has 6 nitrogen and oxygen atoms in total. The van der Waals surface area contributed by atoms with Gasteiger partial charge in [0.1, 0.15) is 11.1 Å². The lowest BCUT2D eigenvalue weighted by molar-refractivity contribution is 0.0205. The summed E-state index contributed by atoms with van der Waals surface area (Å²) < 4.78 is 11.1. The minimum absolute atomic E-state index is 0.115. The van der Waals surface area contributed by atoms with Gasteiger partial charge >= 0.3 is 6.09 Å². The first-order valence-electron chi connectivity index (χ1n) is 8.01. The van der Waals surface area contributed by atoms with E-state index >= 15 is 0 Å². The molecule has 23 heavy (non-hydrogen) atoms. The molecule has 1 N–H and O–H groups in total. The van der Waals surface area contributed by atoms with Gasteiger partial charge in [-0.25, -0.2) is 4.79 Å². The largest absolute Gasteiger partial charge is 0.444 e. The quantitative estimate of drug-likeness (QED) is 0.916. The van der Waals surface area contributed by atoms with E-state index in [-0.39, 0.29) is 12.1 Å². The van der Waals surface area contributed by atoms with Crippen LogP contribution in [-0.2, 0) is 4.74 Å². The van der Waals surface area contributed by atoms with Gasteiger partial charge in [-0.15, -0.1) is 0 Å². The standard InChI is InChI=1S/C17H23N3O3/c1-17(2,3)23-16(21)20-10-6-7-12(11-20)18-15-19-13-8-4-5-9-14(13)22-15/h4-5,8-9,12H,6-7,10-11H2,1-3H3,(H,18,19)/t12-/m0/s1. The molecule has 1 aromatic heterocycles. The molecule has 6 heteroatoms. The Morgan fingerprint density at radius 3 is 2.91 bits per heavy atom. The number of hydrogen-bond donors (Lipinski definition) is 1. The van der Waals surface area contributed by atoms with E-state index in [0.29, 0.717) is 12.6 Å². The Balaban J connectivity index is 1.63. The van der Waals surface area contributed by atoms with Gasteiger partial charge in [-0.05, 0) is 45.7 Å². The number of likely N-dealkylation sites (tertiary alicyclic amines) is 1. The van der Waals surface area contributed by atoms with Gasteiger partial charge in [0, 0.05) is 19.1 Å². The Kier molecular flexibility index (Phi) is 4.15. The number of nitrogens with one attached hydrogen (secondary N) is 1. The molecule has 1 atom stereocenters. The number of anilines is 1. The van der Waals surface area contributed by atoms with Crippen molar-refractivity contribution in [2.45, 2.75) is 45.3 Å². The number of nitrogens with zero attached hydrogens (tertiary/aromatic N) is 2. The molecule has 1 aliphatic heterocycles. The topological polar surface area (TPSA) is 67.6 Å². The number of hydrogen-bond acceptors (Lipinski definition) is 5. The number of rotatable bonds is 2. The monoisotopic (exact) mass is 317 g/mol. The third-order valence-corrected chi connectivity index (χ3v) is 3.69. The van der Waals surface area contributed by atoms with E-state index in [1.54, 1.807) is 4.90 Å². The van der Waals surface area contributed by atoms with Crippen molar-refractivity contribution >= 4 is 23.2 Å². The Hall–Kier alpha value is -2.24. The molecule has 1 aliphatic rings. The molecule has 0 unspecified atom stereocenters. The van der Waals surface area contributed by atoms with Crippen molar-refractivity contribution in [2.75, 3.05) is 18.4 Å². The molecule has 0 aliphatic carbocycles. The molecule has 0 saturated carbocycles. The molecule has 0 spiro atoms. The second-order valence-corrected chi connectivity index (χ2v) is 6.90. The number of oxazole rings is 1. The van der Waals surface area contributed by atoms with Gasteiger partial charge in [0.25, 0.3) is 6.01 Å². The number of para-hydroxylation sites is 2. The minimum Gasteiger partial charge on any atom is -0.444 e. The van der Waals surface area contributed by atoms with Crippen LogP contribution in [0.4, 0.5) is 10.8 Å². The number of aromatic nitrogens is 1. The highest BCUT2D eigenvalue weighted by atomic mass is 16.6. The Morgan fingerprint density at radius 1 is 1.39 bits per heavy atom. The van der Waals surface area contributed by atoms with E-state index in [1.807, 2.05) is 45.0 Å². The van der Waals surface area contributed by atoms with E-state index in [1.165, 1.54) is 0 Å². The lowest BCUT2D eigenvalue weighted by Crippen LogP contribution is -2.47. The second-order valence-electron chi connectivity index (χ2n) is 6.90. The summed E-state index contributed by atoms with van der Waals surface area (Å²) in [5, 5.41) is 3.29. The second kappa shape index (κ2) is 6.10. The maximum absolute atomic E-state index is 12.2. The van der Waals surface area contributed by atoms with Crippen LogP contribution in [0.25, 0.3) is 11.1 Å². The van der Waals surface area contributed by atoms with Crippen LogP contribution in [0, 0.1) is 0 Å². The average Bonchev–Trinajstić information content (AvgIpc) is 2.88. The number of piperidine rings is 1. The molecule has 124 valence electrons. The molecule has 1 amide bonds. The Morgan fingerprint density at radius 2 is 2.17 bits per heavy atom. The highest BCUT2D eigenvalue weighted by molar-refractivity contribution is 5.74. The number of benzene rings is 1. The number of amides is 1.